The van der Waals surface area contributed by atoms with E-state index in [0.717, 1.165) is 5.56 Å². The first-order chi connectivity index (χ1) is 13.5. The number of benzene rings is 1. The number of ether oxygens (including phenoxy) is 3. The number of nitrogens with zero attached hydrogens (tertiary/aromatic N) is 1. The van der Waals surface area contributed by atoms with E-state index in [1.165, 1.54) is 0 Å². The van der Waals surface area contributed by atoms with Crippen molar-refractivity contribution in [3.05, 3.63) is 48.6 Å². The fourth-order valence-corrected chi connectivity index (χ4v) is 3.29. The standard InChI is InChI=1S/C22H32N2O5/c1-7-11-18-17(14-23-19(25)27-15-16-12-9-8-10-13-16)24(22(5,6)28-18)20(26)29-21(2,3)4/h7-10,12-13,17-18H,1,11,14-15H2,2-6H3,(H,23,25)/t17-,18+/m0/s1. The highest BCUT2D eigenvalue weighted by atomic mass is 16.6. The van der Waals surface area contributed by atoms with E-state index in [1.807, 2.05) is 51.1 Å². The number of hydrogen-bond acceptors (Lipinski definition) is 5. The molecule has 1 fully saturated rings. The van der Waals surface area contributed by atoms with E-state index >= 15 is 0 Å². The van der Waals surface area contributed by atoms with Gasteiger partial charge in [0.15, 0.2) is 0 Å². The zero-order valence-electron chi connectivity index (χ0n) is 17.9. The van der Waals surface area contributed by atoms with Crippen molar-refractivity contribution in [3.8, 4) is 0 Å². The highest BCUT2D eigenvalue weighted by Crippen LogP contribution is 2.35. The summed E-state index contributed by atoms with van der Waals surface area (Å²) in [6.07, 6.45) is 0.914. The lowest BCUT2D eigenvalue weighted by molar-refractivity contribution is -0.0780. The van der Waals surface area contributed by atoms with Crippen LogP contribution in [0.2, 0.25) is 0 Å². The molecule has 1 heterocycles. The van der Waals surface area contributed by atoms with Crippen LogP contribution < -0.4 is 5.32 Å². The molecule has 1 aliphatic heterocycles. The van der Waals surface area contributed by atoms with Crippen molar-refractivity contribution in [1.29, 1.82) is 0 Å². The van der Waals surface area contributed by atoms with Crippen LogP contribution in [0.4, 0.5) is 9.59 Å². The van der Waals surface area contributed by atoms with E-state index < -0.39 is 29.6 Å². The van der Waals surface area contributed by atoms with Gasteiger partial charge in [0.2, 0.25) is 0 Å². The maximum Gasteiger partial charge on any atom is 0.412 e. The van der Waals surface area contributed by atoms with Crippen LogP contribution in [0.3, 0.4) is 0 Å². The van der Waals surface area contributed by atoms with Crippen molar-refractivity contribution in [2.45, 2.75) is 71.1 Å². The Morgan fingerprint density at radius 2 is 1.93 bits per heavy atom. The second-order valence-corrected chi connectivity index (χ2v) is 8.49. The van der Waals surface area contributed by atoms with Crippen molar-refractivity contribution < 1.29 is 23.8 Å². The Bertz CT molecular complexity index is 712. The minimum Gasteiger partial charge on any atom is -0.445 e. The molecule has 2 amide bonds. The molecule has 0 saturated carbocycles. The summed E-state index contributed by atoms with van der Waals surface area (Å²) < 4.78 is 16.9. The highest BCUT2D eigenvalue weighted by Gasteiger charge is 2.50. The van der Waals surface area contributed by atoms with Gasteiger partial charge in [-0.1, -0.05) is 36.4 Å². The molecule has 29 heavy (non-hydrogen) atoms. The molecule has 1 aromatic carbocycles. The maximum atomic E-state index is 12.8. The summed E-state index contributed by atoms with van der Waals surface area (Å²) in [4.78, 5) is 26.6. The molecule has 0 unspecified atom stereocenters. The zero-order valence-corrected chi connectivity index (χ0v) is 17.9. The number of nitrogens with one attached hydrogen (secondary N) is 1. The molecule has 0 bridgehead atoms. The van der Waals surface area contributed by atoms with Crippen molar-refractivity contribution in [2.24, 2.45) is 0 Å². The van der Waals surface area contributed by atoms with Gasteiger partial charge in [0.1, 0.15) is 17.9 Å². The summed E-state index contributed by atoms with van der Waals surface area (Å²) in [5.74, 6) is 0. The second-order valence-electron chi connectivity index (χ2n) is 8.49. The molecule has 0 spiro atoms. The summed E-state index contributed by atoms with van der Waals surface area (Å²) in [6.45, 7) is 13.2. The van der Waals surface area contributed by atoms with Crippen molar-refractivity contribution in [2.75, 3.05) is 6.54 Å². The van der Waals surface area contributed by atoms with Crippen LogP contribution in [-0.4, -0.2) is 47.1 Å². The third kappa shape index (κ3) is 6.49. The Morgan fingerprint density at radius 1 is 1.28 bits per heavy atom. The predicted molar refractivity (Wildman–Crippen MR) is 110 cm³/mol. The van der Waals surface area contributed by atoms with E-state index in [9.17, 15) is 9.59 Å². The van der Waals surface area contributed by atoms with Crippen molar-refractivity contribution in [3.63, 3.8) is 0 Å². The monoisotopic (exact) mass is 404 g/mol. The van der Waals surface area contributed by atoms with Gasteiger partial charge >= 0.3 is 12.2 Å². The molecule has 1 N–H and O–H groups in total. The SMILES string of the molecule is C=CC[C@H]1OC(C)(C)N(C(=O)OC(C)(C)C)[C@H]1CNC(=O)OCc1ccccc1. The summed E-state index contributed by atoms with van der Waals surface area (Å²) >= 11 is 0. The van der Waals surface area contributed by atoms with Crippen LogP contribution in [0.25, 0.3) is 0 Å². The molecule has 0 aromatic heterocycles. The minimum absolute atomic E-state index is 0.172. The molecule has 0 aliphatic carbocycles. The third-order valence-corrected chi connectivity index (χ3v) is 4.44. The molecule has 1 saturated heterocycles. The van der Waals surface area contributed by atoms with Gasteiger partial charge in [-0.05, 0) is 46.6 Å². The van der Waals surface area contributed by atoms with E-state index in [2.05, 4.69) is 11.9 Å². The largest absolute Gasteiger partial charge is 0.445 e. The number of hydrogen-bond donors (Lipinski definition) is 1. The van der Waals surface area contributed by atoms with Crippen LogP contribution in [0.15, 0.2) is 43.0 Å². The molecular weight excluding hydrogens is 372 g/mol. The number of carbonyl (C=O) groups is 2. The quantitative estimate of drug-likeness (QED) is 0.718. The molecule has 7 nitrogen and oxygen atoms in total. The van der Waals surface area contributed by atoms with Gasteiger partial charge in [-0.25, -0.2) is 9.59 Å². The Balaban J connectivity index is 2.04. The number of amides is 2. The van der Waals surface area contributed by atoms with Gasteiger partial charge in [-0.15, -0.1) is 6.58 Å². The summed E-state index contributed by atoms with van der Waals surface area (Å²) in [5.41, 5.74) is -0.625. The van der Waals surface area contributed by atoms with Crippen LogP contribution in [0.1, 0.15) is 46.6 Å². The van der Waals surface area contributed by atoms with Gasteiger partial charge in [0, 0.05) is 6.54 Å². The normalized spacial score (nSPS) is 20.8. The molecule has 2 atom stereocenters. The van der Waals surface area contributed by atoms with Gasteiger partial charge in [0.25, 0.3) is 0 Å². The summed E-state index contributed by atoms with van der Waals surface area (Å²) in [6, 6.07) is 9.01. The van der Waals surface area contributed by atoms with E-state index in [1.54, 1.807) is 24.8 Å². The lowest BCUT2D eigenvalue weighted by atomic mass is 10.1. The molecule has 160 valence electrons. The van der Waals surface area contributed by atoms with Crippen LogP contribution >= 0.6 is 0 Å². The van der Waals surface area contributed by atoms with Gasteiger partial charge in [-0.2, -0.15) is 0 Å². The van der Waals surface area contributed by atoms with E-state index in [0.29, 0.717) is 6.42 Å². The molecule has 0 radical (unpaired) electrons. The number of carbonyl (C=O) groups excluding carboxylic acids is 2. The van der Waals surface area contributed by atoms with Gasteiger partial charge < -0.3 is 19.5 Å². The maximum absolute atomic E-state index is 12.8. The Morgan fingerprint density at radius 3 is 2.52 bits per heavy atom. The van der Waals surface area contributed by atoms with Crippen molar-refractivity contribution >= 4 is 12.2 Å². The lowest BCUT2D eigenvalue weighted by Crippen LogP contribution is -2.53. The predicted octanol–water partition coefficient (Wildman–Crippen LogP) is 4.23. The first kappa shape index (κ1) is 22.7. The molecular formula is C22H32N2O5. The smallest absolute Gasteiger partial charge is 0.412 e. The Labute approximate surface area is 173 Å². The van der Waals surface area contributed by atoms with Crippen molar-refractivity contribution in [1.82, 2.24) is 10.2 Å². The summed E-state index contributed by atoms with van der Waals surface area (Å²) in [5, 5.41) is 2.74. The molecule has 1 aromatic rings. The molecule has 2 rings (SSSR count). The number of rotatable bonds is 6. The van der Waals surface area contributed by atoms with Crippen LogP contribution in [0.5, 0.6) is 0 Å². The molecule has 7 heteroatoms. The molecule has 1 aliphatic rings. The average Bonchev–Trinajstić information content (AvgIpc) is 2.87. The average molecular weight is 405 g/mol. The minimum atomic E-state index is -0.879. The first-order valence-corrected chi connectivity index (χ1v) is 9.79. The topological polar surface area (TPSA) is 77.1 Å². The highest BCUT2D eigenvalue weighted by molar-refractivity contribution is 5.70. The zero-order chi connectivity index (χ0) is 21.7. The van der Waals surface area contributed by atoms with Crippen LogP contribution in [-0.2, 0) is 20.8 Å². The lowest BCUT2D eigenvalue weighted by Gasteiger charge is -2.35. The van der Waals surface area contributed by atoms with Crippen LogP contribution in [0, 0.1) is 0 Å². The number of alkyl carbamates (subject to hydrolysis) is 1. The fourth-order valence-electron chi connectivity index (χ4n) is 3.29. The first-order valence-electron chi connectivity index (χ1n) is 9.79. The Kier molecular flexibility index (Phi) is 7.30. The summed E-state index contributed by atoms with van der Waals surface area (Å²) in [7, 11) is 0. The van der Waals surface area contributed by atoms with E-state index in [-0.39, 0.29) is 19.3 Å². The van der Waals surface area contributed by atoms with Gasteiger partial charge in [0.05, 0.1) is 12.1 Å². The Hall–Kier alpha value is -2.54. The second kappa shape index (κ2) is 9.31. The third-order valence-electron chi connectivity index (χ3n) is 4.44. The fraction of sp³-hybridized carbons (Fsp3) is 0.545. The van der Waals surface area contributed by atoms with E-state index in [4.69, 9.17) is 14.2 Å². The van der Waals surface area contributed by atoms with Gasteiger partial charge in [-0.3, -0.25) is 4.90 Å².